The van der Waals surface area contributed by atoms with Crippen molar-refractivity contribution < 1.29 is 19.3 Å². The van der Waals surface area contributed by atoms with Crippen molar-refractivity contribution in [2.45, 2.75) is 5.60 Å². The highest BCUT2D eigenvalue weighted by molar-refractivity contribution is 5.53. The SMILES string of the molecule is COc1cc(OC)c(C2(O)CNC2)cc1OC. The molecule has 0 saturated carbocycles. The molecule has 17 heavy (non-hydrogen) atoms. The number of aliphatic hydroxyl groups is 1. The quantitative estimate of drug-likeness (QED) is 0.801. The van der Waals surface area contributed by atoms with Gasteiger partial charge in [0.25, 0.3) is 0 Å². The second-order valence-electron chi connectivity index (χ2n) is 4.04. The second kappa shape index (κ2) is 4.43. The van der Waals surface area contributed by atoms with E-state index in [0.29, 0.717) is 30.3 Å². The van der Waals surface area contributed by atoms with Crippen molar-refractivity contribution in [2.24, 2.45) is 0 Å². The first-order valence-electron chi connectivity index (χ1n) is 5.38. The Bertz CT molecular complexity index is 415. The van der Waals surface area contributed by atoms with Crippen LogP contribution in [0.15, 0.2) is 12.1 Å². The molecule has 2 rings (SSSR count). The average Bonchev–Trinajstić information content (AvgIpc) is 2.34. The zero-order chi connectivity index (χ0) is 12.5. The maximum Gasteiger partial charge on any atom is 0.164 e. The van der Waals surface area contributed by atoms with E-state index < -0.39 is 5.60 Å². The standard InChI is InChI=1S/C12H17NO4/c1-15-9-5-11(17-3)10(16-2)4-8(9)12(14)6-13-7-12/h4-5,13-14H,6-7H2,1-3H3. The second-order valence-corrected chi connectivity index (χ2v) is 4.04. The van der Waals surface area contributed by atoms with Crippen LogP contribution in [0.25, 0.3) is 0 Å². The van der Waals surface area contributed by atoms with Crippen molar-refractivity contribution in [3.63, 3.8) is 0 Å². The van der Waals surface area contributed by atoms with Gasteiger partial charge in [-0.2, -0.15) is 0 Å². The molecule has 0 atom stereocenters. The van der Waals surface area contributed by atoms with Crippen molar-refractivity contribution >= 4 is 0 Å². The maximum absolute atomic E-state index is 10.3. The molecule has 0 bridgehead atoms. The normalized spacial score (nSPS) is 17.2. The summed E-state index contributed by atoms with van der Waals surface area (Å²) in [6.07, 6.45) is 0. The van der Waals surface area contributed by atoms with Gasteiger partial charge >= 0.3 is 0 Å². The number of hydrogen-bond donors (Lipinski definition) is 2. The Morgan fingerprint density at radius 3 is 1.94 bits per heavy atom. The number of hydrogen-bond acceptors (Lipinski definition) is 5. The molecule has 0 radical (unpaired) electrons. The maximum atomic E-state index is 10.3. The van der Waals surface area contributed by atoms with Gasteiger partial charge in [0.05, 0.1) is 21.3 Å². The predicted octanol–water partition coefficient (Wildman–Crippen LogP) is 0.503. The summed E-state index contributed by atoms with van der Waals surface area (Å²) in [4.78, 5) is 0. The lowest BCUT2D eigenvalue weighted by Crippen LogP contribution is -2.56. The Morgan fingerprint density at radius 2 is 1.53 bits per heavy atom. The first-order valence-corrected chi connectivity index (χ1v) is 5.38. The van der Waals surface area contributed by atoms with Crippen molar-refractivity contribution in [3.05, 3.63) is 17.7 Å². The lowest BCUT2D eigenvalue weighted by atomic mass is 9.87. The van der Waals surface area contributed by atoms with E-state index in [1.165, 1.54) is 0 Å². The Hall–Kier alpha value is -1.46. The Labute approximate surface area is 100 Å². The molecule has 1 saturated heterocycles. The summed E-state index contributed by atoms with van der Waals surface area (Å²) < 4.78 is 15.7. The van der Waals surface area contributed by atoms with Gasteiger partial charge in [-0.3, -0.25) is 0 Å². The third-order valence-electron chi connectivity index (χ3n) is 3.04. The molecule has 1 aromatic carbocycles. The number of β-amino-alcohol motifs (C(OH)–C–C–N with tert-alkyl or cyclic N) is 1. The molecule has 1 aromatic rings. The van der Waals surface area contributed by atoms with Crippen LogP contribution in [0.3, 0.4) is 0 Å². The van der Waals surface area contributed by atoms with Gasteiger partial charge in [-0.1, -0.05) is 0 Å². The van der Waals surface area contributed by atoms with Gasteiger partial charge in [0, 0.05) is 24.7 Å². The molecule has 0 aromatic heterocycles. The number of ether oxygens (including phenoxy) is 3. The largest absolute Gasteiger partial charge is 0.496 e. The van der Waals surface area contributed by atoms with E-state index in [9.17, 15) is 5.11 Å². The minimum atomic E-state index is -0.884. The molecule has 0 aliphatic carbocycles. The van der Waals surface area contributed by atoms with E-state index in [4.69, 9.17) is 14.2 Å². The highest BCUT2D eigenvalue weighted by atomic mass is 16.5. The summed E-state index contributed by atoms with van der Waals surface area (Å²) in [5.74, 6) is 1.78. The highest BCUT2D eigenvalue weighted by Gasteiger charge is 2.39. The molecule has 1 aliphatic rings. The van der Waals surface area contributed by atoms with Gasteiger partial charge in [-0.25, -0.2) is 0 Å². The summed E-state index contributed by atoms with van der Waals surface area (Å²) in [5.41, 5.74) is -0.165. The van der Waals surface area contributed by atoms with Crippen LogP contribution in [0.2, 0.25) is 0 Å². The van der Waals surface area contributed by atoms with Crippen LogP contribution in [0.1, 0.15) is 5.56 Å². The van der Waals surface area contributed by atoms with E-state index in [1.54, 1.807) is 33.5 Å². The van der Waals surface area contributed by atoms with Crippen LogP contribution < -0.4 is 19.5 Å². The van der Waals surface area contributed by atoms with Crippen molar-refractivity contribution in [3.8, 4) is 17.2 Å². The van der Waals surface area contributed by atoms with Crippen LogP contribution in [0, 0.1) is 0 Å². The van der Waals surface area contributed by atoms with Crippen LogP contribution >= 0.6 is 0 Å². The zero-order valence-corrected chi connectivity index (χ0v) is 10.2. The Balaban J connectivity index is 2.49. The summed E-state index contributed by atoms with van der Waals surface area (Å²) in [7, 11) is 4.70. The molecule has 1 fully saturated rings. The molecule has 0 amide bonds. The third kappa shape index (κ3) is 1.92. The van der Waals surface area contributed by atoms with Gasteiger partial charge in [0.15, 0.2) is 11.5 Å². The first-order chi connectivity index (χ1) is 8.14. The topological polar surface area (TPSA) is 60.0 Å². The number of benzene rings is 1. The fourth-order valence-electron chi connectivity index (χ4n) is 1.95. The first kappa shape index (κ1) is 12.0. The molecule has 1 aliphatic heterocycles. The third-order valence-corrected chi connectivity index (χ3v) is 3.04. The molecule has 94 valence electrons. The van der Waals surface area contributed by atoms with Crippen LogP contribution in [-0.2, 0) is 5.60 Å². The minimum absolute atomic E-state index is 0.513. The van der Waals surface area contributed by atoms with Gasteiger partial charge in [0.1, 0.15) is 11.4 Å². The molecule has 0 unspecified atom stereocenters. The van der Waals surface area contributed by atoms with Crippen molar-refractivity contribution in [2.75, 3.05) is 34.4 Å². The lowest BCUT2D eigenvalue weighted by molar-refractivity contribution is -0.0167. The number of nitrogens with one attached hydrogen (secondary N) is 1. The van der Waals surface area contributed by atoms with Gasteiger partial charge in [0.2, 0.25) is 0 Å². The minimum Gasteiger partial charge on any atom is -0.496 e. The van der Waals surface area contributed by atoms with Crippen LogP contribution in [-0.4, -0.2) is 39.5 Å². The van der Waals surface area contributed by atoms with Crippen LogP contribution in [0.5, 0.6) is 17.2 Å². The number of rotatable bonds is 4. The summed E-state index contributed by atoms with van der Waals surface area (Å²) in [6, 6.07) is 3.49. The van der Waals surface area contributed by atoms with E-state index in [1.807, 2.05) is 0 Å². The van der Waals surface area contributed by atoms with Crippen molar-refractivity contribution in [1.29, 1.82) is 0 Å². The van der Waals surface area contributed by atoms with Gasteiger partial charge < -0.3 is 24.6 Å². The smallest absolute Gasteiger partial charge is 0.164 e. The van der Waals surface area contributed by atoms with Crippen LogP contribution in [0.4, 0.5) is 0 Å². The average molecular weight is 239 g/mol. The van der Waals surface area contributed by atoms with Gasteiger partial charge in [-0.05, 0) is 6.07 Å². The fraction of sp³-hybridized carbons (Fsp3) is 0.500. The molecule has 1 heterocycles. The van der Waals surface area contributed by atoms with Crippen molar-refractivity contribution in [1.82, 2.24) is 5.32 Å². The molecule has 5 nitrogen and oxygen atoms in total. The van der Waals surface area contributed by atoms with E-state index in [2.05, 4.69) is 5.32 Å². The summed E-state index contributed by atoms with van der Waals surface area (Å²) in [6.45, 7) is 1.03. The monoisotopic (exact) mass is 239 g/mol. The Kier molecular flexibility index (Phi) is 3.13. The molecule has 2 N–H and O–H groups in total. The summed E-state index contributed by atoms with van der Waals surface area (Å²) >= 11 is 0. The van der Waals surface area contributed by atoms with Gasteiger partial charge in [-0.15, -0.1) is 0 Å². The fourth-order valence-corrected chi connectivity index (χ4v) is 1.95. The summed E-state index contributed by atoms with van der Waals surface area (Å²) in [5, 5.41) is 13.4. The van der Waals surface area contributed by atoms with E-state index >= 15 is 0 Å². The van der Waals surface area contributed by atoms with E-state index in [-0.39, 0.29) is 0 Å². The molecule has 0 spiro atoms. The predicted molar refractivity (Wildman–Crippen MR) is 62.9 cm³/mol. The van der Waals surface area contributed by atoms with E-state index in [0.717, 1.165) is 5.56 Å². The molecular formula is C12H17NO4. The lowest BCUT2D eigenvalue weighted by Gasteiger charge is -2.38. The molecule has 5 heteroatoms. The zero-order valence-electron chi connectivity index (χ0n) is 10.2. The molecular weight excluding hydrogens is 222 g/mol. The number of methoxy groups -OCH3 is 3. The Morgan fingerprint density at radius 1 is 1.00 bits per heavy atom. The highest BCUT2D eigenvalue weighted by Crippen LogP contribution is 2.40.